The van der Waals surface area contributed by atoms with Crippen LogP contribution in [0.4, 0.5) is 0 Å². The highest BCUT2D eigenvalue weighted by atomic mass is 32.2. The quantitative estimate of drug-likeness (QED) is 0.412. The third-order valence-corrected chi connectivity index (χ3v) is 6.64. The third-order valence-electron chi connectivity index (χ3n) is 4.73. The van der Waals surface area contributed by atoms with E-state index < -0.39 is 21.8 Å². The van der Waals surface area contributed by atoms with Crippen molar-refractivity contribution in [3.8, 4) is 5.75 Å². The van der Waals surface area contributed by atoms with Crippen LogP contribution in [0.5, 0.6) is 5.75 Å². The summed E-state index contributed by atoms with van der Waals surface area (Å²) in [7, 11) is -3.63. The van der Waals surface area contributed by atoms with Gasteiger partial charge in [0.05, 0.1) is 37.5 Å². The highest BCUT2D eigenvalue weighted by Gasteiger charge is 2.26. The van der Waals surface area contributed by atoms with Gasteiger partial charge in [0.2, 0.25) is 10.0 Å². The molecule has 0 aromatic heterocycles. The van der Waals surface area contributed by atoms with Crippen LogP contribution in [0.3, 0.4) is 0 Å². The Kier molecular flexibility index (Phi) is 8.52. The minimum absolute atomic E-state index is 0.0994. The Labute approximate surface area is 192 Å². The lowest BCUT2D eigenvalue weighted by molar-refractivity contribution is -0.120. The molecule has 0 atom stereocenters. The van der Waals surface area contributed by atoms with Crippen LogP contribution in [0.1, 0.15) is 22.8 Å². The van der Waals surface area contributed by atoms with Crippen LogP contribution in [0.15, 0.2) is 58.5 Å². The van der Waals surface area contributed by atoms with E-state index >= 15 is 0 Å². The van der Waals surface area contributed by atoms with E-state index in [1.54, 1.807) is 24.3 Å². The Hall–Kier alpha value is -3.28. The lowest BCUT2D eigenvalue weighted by Crippen LogP contribution is -2.40. The summed E-state index contributed by atoms with van der Waals surface area (Å²) in [6.45, 7) is 3.48. The monoisotopic (exact) mass is 474 g/mol. The lowest BCUT2D eigenvalue weighted by Gasteiger charge is -2.26. The average molecular weight is 475 g/mol. The Morgan fingerprint density at radius 3 is 2.39 bits per heavy atom. The molecule has 1 saturated heterocycles. The Morgan fingerprint density at radius 2 is 1.76 bits per heavy atom. The Morgan fingerprint density at radius 1 is 1.09 bits per heavy atom. The van der Waals surface area contributed by atoms with Crippen LogP contribution in [-0.2, 0) is 19.6 Å². The van der Waals surface area contributed by atoms with Gasteiger partial charge < -0.3 is 14.8 Å². The number of rotatable bonds is 9. The van der Waals surface area contributed by atoms with Gasteiger partial charge in [0.25, 0.3) is 11.8 Å². The molecule has 0 unspecified atom stereocenters. The van der Waals surface area contributed by atoms with Crippen LogP contribution in [0.2, 0.25) is 0 Å². The van der Waals surface area contributed by atoms with E-state index in [0.717, 1.165) is 11.3 Å². The molecule has 2 amide bonds. The predicted octanol–water partition coefficient (Wildman–Crippen LogP) is 0.986. The topological polar surface area (TPSA) is 126 Å². The van der Waals surface area contributed by atoms with E-state index in [9.17, 15) is 18.0 Å². The minimum atomic E-state index is -3.63. The summed E-state index contributed by atoms with van der Waals surface area (Å²) < 4.78 is 37.1. The molecule has 1 heterocycles. The standard InChI is InChI=1S/C22H26N4O6S/c1-2-32-19-7-3-17(4-8-19)15-24-25-21(27)16-23-22(28)18-5-9-20(10-6-18)33(29,30)26-11-13-31-14-12-26/h3-10,15H,2,11-14,16H2,1H3,(H,23,28)(H,25,27)/b24-15-. The summed E-state index contributed by atoms with van der Waals surface area (Å²) in [5.41, 5.74) is 3.34. The zero-order valence-electron chi connectivity index (χ0n) is 18.2. The number of ether oxygens (including phenoxy) is 2. The Bertz CT molecular complexity index is 1080. The number of carbonyl (C=O) groups is 2. The SMILES string of the molecule is CCOc1ccc(/C=N\NC(=O)CNC(=O)c2ccc(S(=O)(=O)N3CCOCC3)cc2)cc1. The zero-order valence-corrected chi connectivity index (χ0v) is 19.0. The van der Waals surface area contributed by atoms with E-state index in [-0.39, 0.29) is 17.0 Å². The van der Waals surface area contributed by atoms with Gasteiger partial charge in [-0.05, 0) is 61.0 Å². The number of hydrogen-bond acceptors (Lipinski definition) is 7. The molecule has 10 nitrogen and oxygen atoms in total. The molecule has 176 valence electrons. The van der Waals surface area contributed by atoms with Crippen molar-refractivity contribution in [2.75, 3.05) is 39.5 Å². The molecule has 1 aliphatic rings. The van der Waals surface area contributed by atoms with Crippen molar-refractivity contribution >= 4 is 28.1 Å². The predicted molar refractivity (Wildman–Crippen MR) is 122 cm³/mol. The second-order valence-corrected chi connectivity index (χ2v) is 8.96. The van der Waals surface area contributed by atoms with Gasteiger partial charge >= 0.3 is 0 Å². The van der Waals surface area contributed by atoms with Gasteiger partial charge in [0.15, 0.2) is 0 Å². The smallest absolute Gasteiger partial charge is 0.259 e. The van der Waals surface area contributed by atoms with E-state index in [1.165, 1.54) is 34.8 Å². The fourth-order valence-corrected chi connectivity index (χ4v) is 4.42. The van der Waals surface area contributed by atoms with E-state index in [0.29, 0.717) is 32.9 Å². The molecule has 2 N–H and O–H groups in total. The van der Waals surface area contributed by atoms with Gasteiger partial charge in [-0.2, -0.15) is 9.41 Å². The van der Waals surface area contributed by atoms with Crippen molar-refractivity contribution in [3.05, 3.63) is 59.7 Å². The molecule has 0 radical (unpaired) electrons. The summed E-state index contributed by atoms with van der Waals surface area (Å²) >= 11 is 0. The second kappa shape index (κ2) is 11.5. The van der Waals surface area contributed by atoms with E-state index in [4.69, 9.17) is 9.47 Å². The molecule has 0 saturated carbocycles. The van der Waals surface area contributed by atoms with Crippen LogP contribution < -0.4 is 15.5 Å². The van der Waals surface area contributed by atoms with Crippen LogP contribution in [0.25, 0.3) is 0 Å². The van der Waals surface area contributed by atoms with Crippen LogP contribution in [0, 0.1) is 0 Å². The molecule has 0 bridgehead atoms. The van der Waals surface area contributed by atoms with Crippen molar-refractivity contribution in [3.63, 3.8) is 0 Å². The molecule has 11 heteroatoms. The lowest BCUT2D eigenvalue weighted by atomic mass is 10.2. The minimum Gasteiger partial charge on any atom is -0.494 e. The molecular formula is C22H26N4O6S. The summed E-state index contributed by atoms with van der Waals surface area (Å²) in [5, 5.41) is 6.33. The number of hydrogen-bond donors (Lipinski definition) is 2. The molecule has 0 spiro atoms. The first kappa shape index (κ1) is 24.4. The normalized spacial score (nSPS) is 14.7. The number of sulfonamides is 1. The van der Waals surface area contributed by atoms with E-state index in [2.05, 4.69) is 15.8 Å². The second-order valence-electron chi connectivity index (χ2n) is 7.02. The van der Waals surface area contributed by atoms with Gasteiger partial charge in [0, 0.05) is 18.7 Å². The van der Waals surface area contributed by atoms with Crippen molar-refractivity contribution in [2.45, 2.75) is 11.8 Å². The highest BCUT2D eigenvalue weighted by Crippen LogP contribution is 2.17. The molecule has 2 aromatic carbocycles. The van der Waals surface area contributed by atoms with Gasteiger partial charge in [-0.3, -0.25) is 9.59 Å². The third kappa shape index (κ3) is 6.85. The van der Waals surface area contributed by atoms with Crippen molar-refractivity contribution < 1.29 is 27.5 Å². The highest BCUT2D eigenvalue weighted by molar-refractivity contribution is 7.89. The van der Waals surface area contributed by atoms with E-state index in [1.807, 2.05) is 6.92 Å². The van der Waals surface area contributed by atoms with Gasteiger partial charge in [-0.25, -0.2) is 13.8 Å². The number of morpholine rings is 1. The summed E-state index contributed by atoms with van der Waals surface area (Å²) in [6.07, 6.45) is 1.48. The molecule has 2 aromatic rings. The van der Waals surface area contributed by atoms with Crippen molar-refractivity contribution in [1.82, 2.24) is 15.0 Å². The Balaban J connectivity index is 1.47. The molecule has 1 fully saturated rings. The van der Waals surface area contributed by atoms with Crippen molar-refractivity contribution in [1.29, 1.82) is 0 Å². The van der Waals surface area contributed by atoms with Gasteiger partial charge in [0.1, 0.15) is 5.75 Å². The fourth-order valence-electron chi connectivity index (χ4n) is 3.01. The van der Waals surface area contributed by atoms with Crippen LogP contribution >= 0.6 is 0 Å². The van der Waals surface area contributed by atoms with Crippen LogP contribution in [-0.4, -0.2) is 70.2 Å². The first-order valence-electron chi connectivity index (χ1n) is 10.4. The molecule has 3 rings (SSSR count). The molecule has 33 heavy (non-hydrogen) atoms. The summed E-state index contributed by atoms with van der Waals surface area (Å²) in [4.78, 5) is 24.3. The molecular weight excluding hydrogens is 448 g/mol. The number of carbonyl (C=O) groups excluding carboxylic acids is 2. The zero-order chi connectivity index (χ0) is 23.7. The average Bonchev–Trinajstić information content (AvgIpc) is 2.84. The number of benzene rings is 2. The number of amides is 2. The summed E-state index contributed by atoms with van der Waals surface area (Å²) in [5.74, 6) is -0.263. The largest absolute Gasteiger partial charge is 0.494 e. The number of hydrazone groups is 1. The summed E-state index contributed by atoms with van der Waals surface area (Å²) in [6, 6.07) is 12.8. The maximum absolute atomic E-state index is 12.6. The van der Waals surface area contributed by atoms with Gasteiger partial charge in [-0.15, -0.1) is 0 Å². The number of nitrogens with zero attached hydrogens (tertiary/aromatic N) is 2. The molecule has 0 aliphatic carbocycles. The van der Waals surface area contributed by atoms with Gasteiger partial charge in [-0.1, -0.05) is 0 Å². The maximum atomic E-state index is 12.6. The first-order chi connectivity index (χ1) is 15.9. The number of nitrogens with one attached hydrogen (secondary N) is 2. The molecule has 1 aliphatic heterocycles. The fraction of sp³-hybridized carbons (Fsp3) is 0.318. The first-order valence-corrected chi connectivity index (χ1v) is 11.8. The maximum Gasteiger partial charge on any atom is 0.259 e. The van der Waals surface area contributed by atoms with Crippen molar-refractivity contribution in [2.24, 2.45) is 5.10 Å².